The summed E-state index contributed by atoms with van der Waals surface area (Å²) in [5.41, 5.74) is 0.710. The molecule has 0 saturated carbocycles. The minimum Gasteiger partial charge on any atom is -0.497 e. The average Bonchev–Trinajstić information content (AvgIpc) is 2.69. The molecule has 0 aliphatic carbocycles. The first kappa shape index (κ1) is 22.0. The number of hydrogen-bond acceptors (Lipinski definition) is 10. The van der Waals surface area contributed by atoms with Crippen molar-refractivity contribution in [2.75, 3.05) is 13.7 Å². The van der Waals surface area contributed by atoms with Crippen molar-refractivity contribution in [1.82, 2.24) is 0 Å². The summed E-state index contributed by atoms with van der Waals surface area (Å²) < 4.78 is 38.5. The molecular formula is C20H24O10. The number of esters is 3. The molecule has 3 rings (SSSR count). The maximum absolute atomic E-state index is 11.8. The summed E-state index contributed by atoms with van der Waals surface area (Å²) in [6, 6.07) is 7.07. The van der Waals surface area contributed by atoms with Gasteiger partial charge in [-0.3, -0.25) is 14.4 Å². The largest absolute Gasteiger partial charge is 0.497 e. The lowest BCUT2D eigenvalue weighted by Gasteiger charge is -2.47. The van der Waals surface area contributed by atoms with Crippen molar-refractivity contribution < 1.29 is 47.5 Å². The van der Waals surface area contributed by atoms with E-state index in [1.165, 1.54) is 20.8 Å². The fourth-order valence-electron chi connectivity index (χ4n) is 3.38. The van der Waals surface area contributed by atoms with Crippen LogP contribution in [0.1, 0.15) is 32.6 Å². The van der Waals surface area contributed by atoms with Gasteiger partial charge in [-0.05, 0) is 12.1 Å². The molecule has 164 valence electrons. The zero-order chi connectivity index (χ0) is 21.8. The predicted octanol–water partition coefficient (Wildman–Crippen LogP) is 1.26. The molecule has 0 radical (unpaired) electrons. The predicted molar refractivity (Wildman–Crippen MR) is 98.1 cm³/mol. The van der Waals surface area contributed by atoms with Gasteiger partial charge in [-0.2, -0.15) is 0 Å². The van der Waals surface area contributed by atoms with Gasteiger partial charge in [0.15, 0.2) is 12.4 Å². The normalized spacial score (nSPS) is 30.5. The van der Waals surface area contributed by atoms with Gasteiger partial charge in [0, 0.05) is 26.3 Å². The first-order valence-corrected chi connectivity index (χ1v) is 9.36. The van der Waals surface area contributed by atoms with Gasteiger partial charge in [0.05, 0.1) is 13.7 Å². The maximum Gasteiger partial charge on any atom is 0.305 e. The minimum absolute atomic E-state index is 0.0731. The zero-order valence-corrected chi connectivity index (χ0v) is 17.1. The van der Waals surface area contributed by atoms with Crippen molar-refractivity contribution in [3.8, 4) is 5.75 Å². The summed E-state index contributed by atoms with van der Waals surface area (Å²) in [6.45, 7) is 3.67. The molecule has 10 nitrogen and oxygen atoms in total. The third-order valence-electron chi connectivity index (χ3n) is 4.56. The molecule has 1 aromatic carbocycles. The number of rotatable bonds is 5. The molecule has 2 fully saturated rings. The number of hydrogen-bond donors (Lipinski definition) is 0. The summed E-state index contributed by atoms with van der Waals surface area (Å²) in [6.07, 6.45) is -5.87. The van der Waals surface area contributed by atoms with E-state index in [1.54, 1.807) is 31.4 Å². The second-order valence-corrected chi connectivity index (χ2v) is 6.84. The van der Waals surface area contributed by atoms with Crippen molar-refractivity contribution >= 4 is 17.9 Å². The van der Waals surface area contributed by atoms with Crippen molar-refractivity contribution in [2.45, 2.75) is 57.8 Å². The van der Waals surface area contributed by atoms with Crippen molar-refractivity contribution in [3.63, 3.8) is 0 Å². The Morgan fingerprint density at radius 1 is 0.867 bits per heavy atom. The summed E-state index contributed by atoms with van der Waals surface area (Å²) in [5, 5.41) is 0. The van der Waals surface area contributed by atoms with Crippen LogP contribution in [-0.4, -0.2) is 62.3 Å². The summed E-state index contributed by atoms with van der Waals surface area (Å²) in [5.74, 6) is -1.25. The molecule has 10 heteroatoms. The van der Waals surface area contributed by atoms with E-state index in [1.807, 2.05) is 0 Å². The van der Waals surface area contributed by atoms with Gasteiger partial charge in [0.1, 0.15) is 18.0 Å². The number of methoxy groups -OCH3 is 1. The second-order valence-electron chi connectivity index (χ2n) is 6.84. The van der Waals surface area contributed by atoms with Crippen LogP contribution in [0.5, 0.6) is 5.75 Å². The number of benzene rings is 1. The lowest BCUT2D eigenvalue weighted by Crippen LogP contribution is -2.64. The van der Waals surface area contributed by atoms with E-state index in [-0.39, 0.29) is 6.61 Å². The van der Waals surface area contributed by atoms with Crippen molar-refractivity contribution in [2.24, 2.45) is 0 Å². The first-order valence-electron chi connectivity index (χ1n) is 9.36. The van der Waals surface area contributed by atoms with E-state index in [4.69, 9.17) is 33.2 Å². The molecule has 0 aromatic heterocycles. The van der Waals surface area contributed by atoms with Gasteiger partial charge < -0.3 is 33.2 Å². The topological polar surface area (TPSA) is 116 Å². The Morgan fingerprint density at radius 3 is 2.03 bits per heavy atom. The number of fused-ring (bicyclic) bond motifs is 1. The minimum atomic E-state index is -1.28. The maximum atomic E-state index is 11.8. The van der Waals surface area contributed by atoms with Gasteiger partial charge >= 0.3 is 17.9 Å². The van der Waals surface area contributed by atoms with Crippen molar-refractivity contribution in [1.29, 1.82) is 0 Å². The van der Waals surface area contributed by atoms with Crippen LogP contribution in [0.4, 0.5) is 0 Å². The fraction of sp³-hybridized carbons (Fsp3) is 0.550. The zero-order valence-electron chi connectivity index (χ0n) is 17.1. The molecule has 0 spiro atoms. The Balaban J connectivity index is 1.87. The van der Waals surface area contributed by atoms with Crippen LogP contribution in [0.2, 0.25) is 0 Å². The van der Waals surface area contributed by atoms with E-state index in [0.717, 1.165) is 0 Å². The molecule has 6 atom stereocenters. The molecule has 1 aromatic rings. The van der Waals surface area contributed by atoms with Crippen LogP contribution in [0.25, 0.3) is 0 Å². The Morgan fingerprint density at radius 2 is 1.47 bits per heavy atom. The Bertz CT molecular complexity index is 776. The number of carbonyl (C=O) groups is 3. The van der Waals surface area contributed by atoms with Crippen LogP contribution in [0.3, 0.4) is 0 Å². The molecule has 0 amide bonds. The number of ether oxygens (including phenoxy) is 7. The average molecular weight is 424 g/mol. The van der Waals surface area contributed by atoms with Crippen LogP contribution in [0.15, 0.2) is 24.3 Å². The van der Waals surface area contributed by atoms with Gasteiger partial charge in [-0.15, -0.1) is 0 Å². The lowest BCUT2D eigenvalue weighted by atomic mass is 9.97. The van der Waals surface area contributed by atoms with E-state index in [0.29, 0.717) is 11.3 Å². The highest BCUT2D eigenvalue weighted by Crippen LogP contribution is 2.37. The fourth-order valence-corrected chi connectivity index (χ4v) is 3.38. The van der Waals surface area contributed by atoms with Gasteiger partial charge in [0.2, 0.25) is 12.4 Å². The molecule has 30 heavy (non-hydrogen) atoms. The van der Waals surface area contributed by atoms with E-state index >= 15 is 0 Å². The molecule has 0 N–H and O–H groups in total. The third-order valence-corrected chi connectivity index (χ3v) is 4.56. The third kappa shape index (κ3) is 5.07. The van der Waals surface area contributed by atoms with Gasteiger partial charge in [-0.25, -0.2) is 0 Å². The molecular weight excluding hydrogens is 400 g/mol. The Hall–Kier alpha value is -2.69. The van der Waals surface area contributed by atoms with Gasteiger partial charge in [0.25, 0.3) is 0 Å². The van der Waals surface area contributed by atoms with Crippen LogP contribution in [-0.2, 0) is 42.8 Å². The molecule has 2 aliphatic heterocycles. The lowest BCUT2D eigenvalue weighted by molar-refractivity contribution is -0.356. The van der Waals surface area contributed by atoms with Gasteiger partial charge in [-0.1, -0.05) is 12.1 Å². The second kappa shape index (κ2) is 9.41. The molecule has 0 bridgehead atoms. The molecule has 2 saturated heterocycles. The van der Waals surface area contributed by atoms with Crippen LogP contribution >= 0.6 is 0 Å². The summed E-state index contributed by atoms with van der Waals surface area (Å²) in [4.78, 5) is 34.9. The van der Waals surface area contributed by atoms with Crippen LogP contribution < -0.4 is 4.74 Å². The van der Waals surface area contributed by atoms with E-state index in [2.05, 4.69) is 0 Å². The highest BCUT2D eigenvalue weighted by atomic mass is 16.8. The Kier molecular flexibility index (Phi) is 6.91. The smallest absolute Gasteiger partial charge is 0.305 e. The van der Waals surface area contributed by atoms with E-state index < -0.39 is 54.9 Å². The highest BCUT2D eigenvalue weighted by molar-refractivity contribution is 5.68. The standard InChI is InChI=1S/C20H24O10/c1-10(21)26-17-16-15(29-20(28-12(3)23)18(17)27-11(2)22)9-25-19(30-16)13-5-7-14(24-4)8-6-13/h5-8,15-20H,9H2,1-4H3/t15-,16-,17+,18-,19-,20?/m1/s1. The Labute approximate surface area is 173 Å². The quantitative estimate of drug-likeness (QED) is 0.505. The highest BCUT2D eigenvalue weighted by Gasteiger charge is 2.54. The molecule has 1 unspecified atom stereocenters. The monoisotopic (exact) mass is 424 g/mol. The van der Waals surface area contributed by atoms with E-state index in [9.17, 15) is 14.4 Å². The molecule has 2 aliphatic rings. The summed E-state index contributed by atoms with van der Waals surface area (Å²) in [7, 11) is 1.56. The first-order chi connectivity index (χ1) is 14.3. The van der Waals surface area contributed by atoms with Crippen LogP contribution in [0, 0.1) is 0 Å². The SMILES string of the molecule is COc1ccc([C@@H]2OC[C@H]3OC(OC(C)=O)[C@H](OC(C)=O)[C@@H](OC(C)=O)[C@@H]3O2)cc1. The van der Waals surface area contributed by atoms with Crippen molar-refractivity contribution in [3.05, 3.63) is 29.8 Å². The summed E-state index contributed by atoms with van der Waals surface area (Å²) >= 11 is 0. The molecule has 2 heterocycles. The number of carbonyl (C=O) groups excluding carboxylic acids is 3.